The maximum absolute atomic E-state index is 10.8. The van der Waals surface area contributed by atoms with Gasteiger partial charge in [0, 0.05) is 18.8 Å². The van der Waals surface area contributed by atoms with Crippen LogP contribution >= 0.6 is 7.82 Å². The number of ether oxygens (including phenoxy) is 1. The molecule has 4 rings (SSSR count). The first-order valence-electron chi connectivity index (χ1n) is 7.10. The topological polar surface area (TPSA) is 144 Å². The molecule has 0 spiro atoms. The molecule has 1 aliphatic heterocycles. The summed E-state index contributed by atoms with van der Waals surface area (Å²) in [5.74, 6) is 0. The number of fused-ring (bicyclic) bond motifs is 3. The van der Waals surface area contributed by atoms with Crippen LogP contribution in [0.2, 0.25) is 0 Å². The molecule has 1 aliphatic rings. The van der Waals surface area contributed by atoms with Crippen LogP contribution in [0.1, 0.15) is 12.6 Å². The Bertz CT molecular complexity index is 934. The molecule has 3 aromatic heterocycles. The van der Waals surface area contributed by atoms with E-state index in [-0.39, 0.29) is 6.42 Å². The minimum atomic E-state index is -4.62. The molecule has 24 heavy (non-hydrogen) atoms. The van der Waals surface area contributed by atoms with Crippen molar-refractivity contribution in [3.63, 3.8) is 0 Å². The monoisotopic (exact) mass is 355 g/mol. The van der Waals surface area contributed by atoms with Gasteiger partial charge < -0.3 is 19.6 Å². The average molecular weight is 355 g/mol. The highest BCUT2D eigenvalue weighted by Crippen LogP contribution is 2.38. The molecule has 0 amide bonds. The third-order valence-corrected chi connectivity index (χ3v) is 4.36. The molecule has 0 radical (unpaired) electrons. The van der Waals surface area contributed by atoms with Crippen LogP contribution in [0, 0.1) is 0 Å². The zero-order valence-electron chi connectivity index (χ0n) is 12.2. The molecule has 12 heteroatoms. The van der Waals surface area contributed by atoms with Crippen LogP contribution in [-0.2, 0) is 13.8 Å². The highest BCUT2D eigenvalue weighted by Gasteiger charge is 2.37. The predicted molar refractivity (Wildman–Crippen MR) is 78.8 cm³/mol. The van der Waals surface area contributed by atoms with Crippen LogP contribution < -0.4 is 0 Å². The molecule has 0 bridgehead atoms. The van der Waals surface area contributed by atoms with Crippen molar-refractivity contribution in [3.8, 4) is 0 Å². The van der Waals surface area contributed by atoms with Crippen molar-refractivity contribution in [3.05, 3.63) is 25.0 Å². The summed E-state index contributed by atoms with van der Waals surface area (Å²) in [4.78, 5) is 30.4. The fourth-order valence-corrected chi connectivity index (χ4v) is 3.10. The van der Waals surface area contributed by atoms with Crippen molar-refractivity contribution < 1.29 is 28.7 Å². The van der Waals surface area contributed by atoms with Crippen LogP contribution in [0.4, 0.5) is 0 Å². The zero-order chi connectivity index (χ0) is 16.9. The fourth-order valence-electron chi connectivity index (χ4n) is 2.76. The maximum atomic E-state index is 10.8. The highest BCUT2D eigenvalue weighted by atomic mass is 31.2. The molecule has 3 aromatic rings. The van der Waals surface area contributed by atoms with Crippen molar-refractivity contribution in [1.82, 2.24) is 23.9 Å². The van der Waals surface area contributed by atoms with E-state index < -0.39 is 32.9 Å². The number of aliphatic hydroxyl groups is 1. The Morgan fingerprint density at radius 1 is 1.29 bits per heavy atom. The number of nitrogens with zero attached hydrogens (tertiary/aromatic N) is 5. The molecule has 4 heterocycles. The fraction of sp³-hybridized carbons (Fsp3) is 0.417. The smallest absolute Gasteiger partial charge is 0.390 e. The Hall–Kier alpha value is -1.88. The number of aliphatic hydroxyl groups excluding tert-OH is 1. The van der Waals surface area contributed by atoms with Crippen LogP contribution in [0.25, 0.3) is 16.8 Å². The predicted octanol–water partition coefficient (Wildman–Crippen LogP) is -0.163. The minimum Gasteiger partial charge on any atom is -0.390 e. The van der Waals surface area contributed by atoms with Gasteiger partial charge in [-0.2, -0.15) is 0 Å². The summed E-state index contributed by atoms with van der Waals surface area (Å²) in [5, 5.41) is 10.0. The minimum absolute atomic E-state index is 0.224. The number of aromatic nitrogens is 5. The van der Waals surface area contributed by atoms with Crippen LogP contribution in [0.15, 0.2) is 25.0 Å². The van der Waals surface area contributed by atoms with Gasteiger partial charge in [0.15, 0.2) is 16.8 Å². The molecule has 11 nitrogen and oxygen atoms in total. The summed E-state index contributed by atoms with van der Waals surface area (Å²) in [6.45, 7) is -0.410. The summed E-state index contributed by atoms with van der Waals surface area (Å²) in [6, 6.07) is 0. The van der Waals surface area contributed by atoms with E-state index in [1.807, 2.05) is 0 Å². The molecule has 3 N–H and O–H groups in total. The van der Waals surface area contributed by atoms with E-state index in [0.29, 0.717) is 16.8 Å². The molecule has 128 valence electrons. The lowest BCUT2D eigenvalue weighted by atomic mass is 10.2. The van der Waals surface area contributed by atoms with Gasteiger partial charge in [-0.3, -0.25) is 13.5 Å². The standard InChI is InChI=1S/C12H14N5O6P/c18-7-3-9(23-8(7)4-22-24(19,20)21)17-6-14-10-11-13-1-2-16(11)5-15-12(10)17/h1-2,5-9,18H,3-4H2,(H2,19,20,21)/t7-,8+,9+/m1/s1. The lowest BCUT2D eigenvalue weighted by molar-refractivity contribution is -0.0424. The van der Waals surface area contributed by atoms with Gasteiger partial charge in [-0.05, 0) is 0 Å². The van der Waals surface area contributed by atoms with Gasteiger partial charge in [0.05, 0.1) is 19.0 Å². The Morgan fingerprint density at radius 2 is 2.12 bits per heavy atom. The van der Waals surface area contributed by atoms with Crippen LogP contribution in [-0.4, -0.2) is 57.6 Å². The van der Waals surface area contributed by atoms with E-state index in [2.05, 4.69) is 19.5 Å². The summed E-state index contributed by atoms with van der Waals surface area (Å²) in [5.41, 5.74) is 1.79. The first kappa shape index (κ1) is 15.6. The van der Waals surface area contributed by atoms with Gasteiger partial charge in [-0.15, -0.1) is 0 Å². The average Bonchev–Trinajstić information content (AvgIpc) is 3.20. The molecule has 0 unspecified atom stereocenters. The number of hydrogen-bond acceptors (Lipinski definition) is 7. The van der Waals surface area contributed by atoms with E-state index in [1.54, 1.807) is 27.7 Å². The Morgan fingerprint density at radius 3 is 2.92 bits per heavy atom. The SMILES string of the molecule is O=P(O)(O)OC[C@@H]1O[C@H](n2cnc3c2ncn2ccnc32)C[C@H]1O. The van der Waals surface area contributed by atoms with Crippen molar-refractivity contribution >= 4 is 24.6 Å². The van der Waals surface area contributed by atoms with E-state index >= 15 is 0 Å². The number of phosphoric ester groups is 1. The second kappa shape index (κ2) is 5.59. The molecule has 0 aliphatic carbocycles. The first-order chi connectivity index (χ1) is 11.4. The number of hydrogen-bond donors (Lipinski definition) is 3. The molecular weight excluding hydrogens is 341 g/mol. The molecule has 0 saturated carbocycles. The lowest BCUT2D eigenvalue weighted by Crippen LogP contribution is -2.25. The number of imidazole rings is 2. The quantitative estimate of drug-likeness (QED) is 0.543. The second-order valence-electron chi connectivity index (χ2n) is 5.45. The number of phosphoric acid groups is 1. The van der Waals surface area contributed by atoms with E-state index in [1.165, 1.54) is 6.33 Å². The van der Waals surface area contributed by atoms with Gasteiger partial charge in [-0.25, -0.2) is 19.5 Å². The zero-order valence-corrected chi connectivity index (χ0v) is 13.1. The Kier molecular flexibility index (Phi) is 3.64. The first-order valence-corrected chi connectivity index (χ1v) is 8.63. The van der Waals surface area contributed by atoms with Gasteiger partial charge in [-0.1, -0.05) is 0 Å². The summed E-state index contributed by atoms with van der Waals surface area (Å²) in [7, 11) is -4.62. The highest BCUT2D eigenvalue weighted by molar-refractivity contribution is 7.46. The Labute approximate surface area is 134 Å². The molecule has 3 atom stereocenters. The van der Waals surface area contributed by atoms with Crippen molar-refractivity contribution in [1.29, 1.82) is 0 Å². The maximum Gasteiger partial charge on any atom is 0.469 e. The largest absolute Gasteiger partial charge is 0.469 e. The molecule has 0 aromatic carbocycles. The summed E-state index contributed by atoms with van der Waals surface area (Å²) < 4.78 is 24.2. The third-order valence-electron chi connectivity index (χ3n) is 3.87. The molecular formula is C12H14N5O6P. The summed E-state index contributed by atoms with van der Waals surface area (Å²) in [6.07, 6.45) is 4.41. The van der Waals surface area contributed by atoms with Crippen molar-refractivity contribution in [2.24, 2.45) is 0 Å². The Balaban J connectivity index is 1.60. The van der Waals surface area contributed by atoms with E-state index in [9.17, 15) is 9.67 Å². The van der Waals surface area contributed by atoms with E-state index in [4.69, 9.17) is 14.5 Å². The third kappa shape index (κ3) is 2.71. The molecule has 1 fully saturated rings. The van der Waals surface area contributed by atoms with Gasteiger partial charge in [0.2, 0.25) is 0 Å². The second-order valence-corrected chi connectivity index (χ2v) is 6.68. The van der Waals surface area contributed by atoms with Gasteiger partial charge in [0.1, 0.15) is 18.7 Å². The van der Waals surface area contributed by atoms with Crippen LogP contribution in [0.3, 0.4) is 0 Å². The molecule has 1 saturated heterocycles. The lowest BCUT2D eigenvalue weighted by Gasteiger charge is -2.16. The van der Waals surface area contributed by atoms with Crippen molar-refractivity contribution in [2.45, 2.75) is 24.9 Å². The normalized spacial score (nSPS) is 25.0. The van der Waals surface area contributed by atoms with Crippen molar-refractivity contribution in [2.75, 3.05) is 6.61 Å². The van der Waals surface area contributed by atoms with Gasteiger partial charge >= 0.3 is 7.82 Å². The van der Waals surface area contributed by atoms with E-state index in [0.717, 1.165) is 0 Å². The van der Waals surface area contributed by atoms with Crippen LogP contribution in [0.5, 0.6) is 0 Å². The number of rotatable bonds is 4. The summed E-state index contributed by atoms with van der Waals surface area (Å²) >= 11 is 0. The van der Waals surface area contributed by atoms with Gasteiger partial charge in [0.25, 0.3) is 0 Å².